The smallest absolute Gasteiger partial charge is 0.265 e. The van der Waals surface area contributed by atoms with Crippen LogP contribution in [0.25, 0.3) is 0 Å². The number of ether oxygens (including phenoxy) is 3. The second kappa shape index (κ2) is 10.4. The molecule has 0 unspecified atom stereocenters. The van der Waals surface area contributed by atoms with E-state index < -0.39 is 22.5 Å². The molecule has 0 fully saturated rings. The van der Waals surface area contributed by atoms with Crippen LogP contribution in [0.4, 0.5) is 11.4 Å². The molecule has 174 valence electrons. The first kappa shape index (κ1) is 24.1. The van der Waals surface area contributed by atoms with E-state index >= 15 is 0 Å². The summed E-state index contributed by atoms with van der Waals surface area (Å²) in [4.78, 5) is 16.6. The summed E-state index contributed by atoms with van der Waals surface area (Å²) in [5.74, 6) is 0.209. The maximum atomic E-state index is 13.7. The van der Waals surface area contributed by atoms with Crippen LogP contribution in [-0.2, 0) is 14.8 Å². The van der Waals surface area contributed by atoms with Crippen LogP contribution in [0, 0.1) is 0 Å². The normalized spacial score (nSPS) is 10.9. The third kappa shape index (κ3) is 5.47. The number of pyridine rings is 1. The van der Waals surface area contributed by atoms with Crippen molar-refractivity contribution in [3.05, 3.63) is 65.9 Å². The summed E-state index contributed by atoms with van der Waals surface area (Å²) in [6, 6.07) is 11.9. The van der Waals surface area contributed by atoms with Gasteiger partial charge in [-0.25, -0.2) is 8.42 Å². The minimum Gasteiger partial charge on any atom is -0.495 e. The minimum absolute atomic E-state index is 0.0983. The molecule has 1 amide bonds. The number of carbonyl (C=O) groups excluding carboxylic acids is 1. The molecule has 0 saturated heterocycles. The molecule has 2 aromatic carbocycles. The first-order chi connectivity index (χ1) is 15.8. The number of aromatic nitrogens is 1. The lowest BCUT2D eigenvalue weighted by Crippen LogP contribution is -2.38. The molecule has 0 aliphatic carbocycles. The predicted octanol–water partition coefficient (Wildman–Crippen LogP) is 3.59. The maximum absolute atomic E-state index is 13.7. The summed E-state index contributed by atoms with van der Waals surface area (Å²) in [6.45, 7) is -0.553. The van der Waals surface area contributed by atoms with E-state index in [0.29, 0.717) is 11.4 Å². The Balaban J connectivity index is 2.08. The summed E-state index contributed by atoms with van der Waals surface area (Å²) in [6.07, 6.45) is 3.01. The Bertz CT molecular complexity index is 1240. The third-order valence-electron chi connectivity index (χ3n) is 4.59. The molecule has 3 rings (SSSR count). The number of methoxy groups -OCH3 is 3. The largest absolute Gasteiger partial charge is 0.495 e. The number of nitrogens with zero attached hydrogens (tertiary/aromatic N) is 2. The Morgan fingerprint density at radius 2 is 1.70 bits per heavy atom. The molecule has 0 bridgehead atoms. The van der Waals surface area contributed by atoms with Gasteiger partial charge in [-0.15, -0.1) is 0 Å². The van der Waals surface area contributed by atoms with Crippen molar-refractivity contribution in [2.75, 3.05) is 37.5 Å². The van der Waals surface area contributed by atoms with Crippen LogP contribution in [0.5, 0.6) is 17.2 Å². The fourth-order valence-corrected chi connectivity index (χ4v) is 4.64. The number of benzene rings is 2. The van der Waals surface area contributed by atoms with Gasteiger partial charge in [-0.1, -0.05) is 11.6 Å². The van der Waals surface area contributed by atoms with Gasteiger partial charge in [0.2, 0.25) is 5.91 Å². The monoisotopic (exact) mass is 491 g/mol. The molecule has 11 heteroatoms. The van der Waals surface area contributed by atoms with Gasteiger partial charge in [0.1, 0.15) is 12.3 Å². The zero-order valence-electron chi connectivity index (χ0n) is 18.1. The third-order valence-corrected chi connectivity index (χ3v) is 6.58. The van der Waals surface area contributed by atoms with Crippen LogP contribution in [0.15, 0.2) is 65.8 Å². The topological polar surface area (TPSA) is 107 Å². The van der Waals surface area contributed by atoms with E-state index in [2.05, 4.69) is 10.3 Å². The van der Waals surface area contributed by atoms with Crippen molar-refractivity contribution in [2.45, 2.75) is 4.90 Å². The number of hydrogen-bond acceptors (Lipinski definition) is 7. The summed E-state index contributed by atoms with van der Waals surface area (Å²) >= 11 is 6.15. The average Bonchev–Trinajstić information content (AvgIpc) is 2.82. The summed E-state index contributed by atoms with van der Waals surface area (Å²) in [5, 5.41) is 2.90. The fraction of sp³-hybridized carbons (Fsp3) is 0.182. The summed E-state index contributed by atoms with van der Waals surface area (Å²) in [5.41, 5.74) is 0.519. The number of carbonyl (C=O) groups is 1. The summed E-state index contributed by atoms with van der Waals surface area (Å²) < 4.78 is 44.1. The van der Waals surface area contributed by atoms with Crippen LogP contribution in [0.2, 0.25) is 5.02 Å². The van der Waals surface area contributed by atoms with Crippen molar-refractivity contribution in [1.29, 1.82) is 0 Å². The number of halogens is 1. The molecule has 0 spiro atoms. The first-order valence-electron chi connectivity index (χ1n) is 9.58. The van der Waals surface area contributed by atoms with Crippen molar-refractivity contribution in [3.8, 4) is 17.2 Å². The number of hydrogen-bond donors (Lipinski definition) is 1. The van der Waals surface area contributed by atoms with Gasteiger partial charge in [-0.05, 0) is 42.5 Å². The van der Waals surface area contributed by atoms with E-state index in [1.165, 1.54) is 57.9 Å². The molecule has 1 N–H and O–H groups in total. The molecular formula is C22H22ClN3O6S. The molecule has 33 heavy (non-hydrogen) atoms. The second-order valence-corrected chi connectivity index (χ2v) is 8.93. The lowest BCUT2D eigenvalue weighted by atomic mass is 10.3. The van der Waals surface area contributed by atoms with E-state index in [9.17, 15) is 13.2 Å². The van der Waals surface area contributed by atoms with Gasteiger partial charge < -0.3 is 19.5 Å². The maximum Gasteiger partial charge on any atom is 0.265 e. The molecule has 0 radical (unpaired) electrons. The van der Waals surface area contributed by atoms with E-state index in [1.54, 1.807) is 24.4 Å². The van der Waals surface area contributed by atoms with Crippen molar-refractivity contribution in [3.63, 3.8) is 0 Å². The first-order valence-corrected chi connectivity index (χ1v) is 11.4. The average molecular weight is 492 g/mol. The van der Waals surface area contributed by atoms with E-state index in [0.717, 1.165) is 4.31 Å². The zero-order chi connectivity index (χ0) is 24.0. The Kier molecular flexibility index (Phi) is 7.62. The van der Waals surface area contributed by atoms with Gasteiger partial charge in [0.25, 0.3) is 10.0 Å². The van der Waals surface area contributed by atoms with E-state index in [1.807, 2.05) is 0 Å². The number of nitrogens with one attached hydrogen (secondary N) is 1. The molecule has 0 atom stereocenters. The second-order valence-electron chi connectivity index (χ2n) is 6.63. The lowest BCUT2D eigenvalue weighted by molar-refractivity contribution is -0.114. The van der Waals surface area contributed by atoms with Crippen LogP contribution in [0.3, 0.4) is 0 Å². The zero-order valence-corrected chi connectivity index (χ0v) is 19.7. The molecule has 0 aliphatic rings. The minimum atomic E-state index is -4.27. The predicted molar refractivity (Wildman–Crippen MR) is 125 cm³/mol. The van der Waals surface area contributed by atoms with Crippen molar-refractivity contribution >= 4 is 38.9 Å². The Labute approximate surface area is 196 Å². The van der Waals surface area contributed by atoms with Gasteiger partial charge >= 0.3 is 0 Å². The number of rotatable bonds is 9. The molecule has 3 aromatic rings. The highest BCUT2D eigenvalue weighted by Crippen LogP contribution is 2.37. The quantitative estimate of drug-likeness (QED) is 0.487. The van der Waals surface area contributed by atoms with Crippen molar-refractivity contribution in [1.82, 2.24) is 4.98 Å². The molecule has 0 saturated carbocycles. The van der Waals surface area contributed by atoms with E-state index in [-0.39, 0.29) is 27.1 Å². The number of sulfonamides is 1. The van der Waals surface area contributed by atoms with E-state index in [4.69, 9.17) is 25.8 Å². The Morgan fingerprint density at radius 1 is 1.00 bits per heavy atom. The molecule has 0 aliphatic heterocycles. The summed E-state index contributed by atoms with van der Waals surface area (Å²) in [7, 11) is -0.0346. The van der Waals surface area contributed by atoms with Crippen molar-refractivity contribution in [2.24, 2.45) is 0 Å². The highest BCUT2D eigenvalue weighted by atomic mass is 35.5. The number of anilines is 2. The van der Waals surface area contributed by atoms with Gasteiger partial charge in [0, 0.05) is 17.3 Å². The van der Waals surface area contributed by atoms with Crippen molar-refractivity contribution < 1.29 is 27.4 Å². The van der Waals surface area contributed by atoms with Gasteiger partial charge in [0.05, 0.1) is 43.8 Å². The van der Waals surface area contributed by atoms with Gasteiger partial charge in [-0.3, -0.25) is 14.1 Å². The Hall–Kier alpha value is -3.50. The van der Waals surface area contributed by atoms with Gasteiger partial charge in [-0.2, -0.15) is 0 Å². The number of amides is 1. The molecule has 9 nitrogen and oxygen atoms in total. The molecule has 1 aromatic heterocycles. The van der Waals surface area contributed by atoms with Crippen LogP contribution >= 0.6 is 11.6 Å². The van der Waals surface area contributed by atoms with Crippen LogP contribution in [0.1, 0.15) is 0 Å². The lowest BCUT2D eigenvalue weighted by Gasteiger charge is -2.26. The fourth-order valence-electron chi connectivity index (χ4n) is 3.03. The SMILES string of the molecule is COc1ccc(S(=O)(=O)N(CC(=O)Nc2cccnc2)c2cc(Cl)ccc2OC)cc1OC. The van der Waals surface area contributed by atoms with Gasteiger partial charge in [0.15, 0.2) is 11.5 Å². The molecule has 1 heterocycles. The van der Waals surface area contributed by atoms with Crippen LogP contribution < -0.4 is 23.8 Å². The Morgan fingerprint density at radius 3 is 2.33 bits per heavy atom. The highest BCUT2D eigenvalue weighted by molar-refractivity contribution is 7.92. The highest BCUT2D eigenvalue weighted by Gasteiger charge is 2.30. The standard InChI is InChI=1S/C22H22ClN3O6S/c1-30-19-8-6-15(23)11-18(19)26(14-22(27)25-16-5-4-10-24-13-16)33(28,29)17-7-9-20(31-2)21(12-17)32-3/h4-13H,14H2,1-3H3,(H,25,27). The molecular weight excluding hydrogens is 470 g/mol. The van der Waals surface area contributed by atoms with Crippen LogP contribution in [-0.4, -0.2) is 47.2 Å².